The van der Waals surface area contributed by atoms with Gasteiger partial charge in [0.25, 0.3) is 0 Å². The van der Waals surface area contributed by atoms with Crippen LogP contribution in [-0.2, 0) is 20.9 Å². The Labute approximate surface area is 143 Å². The van der Waals surface area contributed by atoms with E-state index in [4.69, 9.17) is 16.3 Å². The van der Waals surface area contributed by atoms with Gasteiger partial charge in [0.2, 0.25) is 5.91 Å². The molecular formula is C18H15ClFNO3. The van der Waals surface area contributed by atoms with Crippen LogP contribution in [0.4, 0.5) is 10.1 Å². The number of anilines is 1. The van der Waals surface area contributed by atoms with Crippen LogP contribution in [0.5, 0.6) is 0 Å². The van der Waals surface area contributed by atoms with Crippen LogP contribution >= 0.6 is 11.6 Å². The van der Waals surface area contributed by atoms with Crippen molar-refractivity contribution in [2.24, 2.45) is 5.92 Å². The third-order valence-corrected chi connectivity index (χ3v) is 4.15. The largest absolute Gasteiger partial charge is 0.461 e. The molecule has 2 aromatic carbocycles. The van der Waals surface area contributed by atoms with Gasteiger partial charge in [-0.3, -0.25) is 9.59 Å². The fourth-order valence-corrected chi connectivity index (χ4v) is 2.75. The summed E-state index contributed by atoms with van der Waals surface area (Å²) in [7, 11) is 0. The van der Waals surface area contributed by atoms with E-state index in [2.05, 4.69) is 0 Å². The second-order valence-electron chi connectivity index (χ2n) is 5.59. The molecule has 1 fully saturated rings. The minimum Gasteiger partial charge on any atom is -0.461 e. The Bertz CT molecular complexity index is 763. The summed E-state index contributed by atoms with van der Waals surface area (Å²) >= 11 is 5.80. The van der Waals surface area contributed by atoms with Gasteiger partial charge in [0.1, 0.15) is 12.4 Å². The maximum Gasteiger partial charge on any atom is 0.311 e. The first-order chi connectivity index (χ1) is 11.5. The summed E-state index contributed by atoms with van der Waals surface area (Å²) in [5.41, 5.74) is 0.999. The Balaban J connectivity index is 1.62. The molecule has 0 spiro atoms. The van der Waals surface area contributed by atoms with Crippen LogP contribution in [0.2, 0.25) is 5.02 Å². The topological polar surface area (TPSA) is 46.6 Å². The van der Waals surface area contributed by atoms with E-state index < -0.39 is 17.7 Å². The van der Waals surface area contributed by atoms with Crippen LogP contribution < -0.4 is 4.90 Å². The van der Waals surface area contributed by atoms with Gasteiger partial charge in [-0.25, -0.2) is 4.39 Å². The Hall–Kier alpha value is -2.40. The van der Waals surface area contributed by atoms with E-state index >= 15 is 0 Å². The zero-order valence-electron chi connectivity index (χ0n) is 12.7. The maximum atomic E-state index is 13.8. The lowest BCUT2D eigenvalue weighted by atomic mass is 10.1. The highest BCUT2D eigenvalue weighted by atomic mass is 35.5. The smallest absolute Gasteiger partial charge is 0.311 e. The van der Waals surface area contributed by atoms with Crippen molar-refractivity contribution < 1.29 is 18.7 Å². The zero-order valence-corrected chi connectivity index (χ0v) is 13.5. The molecule has 1 aliphatic heterocycles. The average Bonchev–Trinajstić information content (AvgIpc) is 2.96. The molecule has 2 aromatic rings. The van der Waals surface area contributed by atoms with Crippen LogP contribution in [0.15, 0.2) is 48.5 Å². The van der Waals surface area contributed by atoms with Gasteiger partial charge < -0.3 is 9.64 Å². The van der Waals surface area contributed by atoms with Crippen molar-refractivity contribution in [3.05, 3.63) is 64.9 Å². The molecule has 0 radical (unpaired) electrons. The summed E-state index contributed by atoms with van der Waals surface area (Å²) < 4.78 is 19.1. The molecule has 24 heavy (non-hydrogen) atoms. The van der Waals surface area contributed by atoms with Crippen molar-refractivity contribution in [2.45, 2.75) is 13.0 Å². The van der Waals surface area contributed by atoms with Gasteiger partial charge >= 0.3 is 5.97 Å². The van der Waals surface area contributed by atoms with Crippen molar-refractivity contribution in [1.29, 1.82) is 0 Å². The van der Waals surface area contributed by atoms with Crippen molar-refractivity contribution in [2.75, 3.05) is 11.4 Å². The van der Waals surface area contributed by atoms with Gasteiger partial charge in [-0.1, -0.05) is 35.9 Å². The number of ether oxygens (including phenoxy) is 1. The molecule has 4 nitrogen and oxygen atoms in total. The summed E-state index contributed by atoms with van der Waals surface area (Å²) in [6.07, 6.45) is 0.0216. The summed E-state index contributed by atoms with van der Waals surface area (Å²) in [6, 6.07) is 13.0. The fraction of sp³-hybridized carbons (Fsp3) is 0.222. The van der Waals surface area contributed by atoms with Gasteiger partial charge in [0.05, 0.1) is 11.6 Å². The lowest BCUT2D eigenvalue weighted by Crippen LogP contribution is -2.27. The SMILES string of the molecule is O=C(OCc1ccc(Cl)cc1)[C@H]1CC(=O)N(c2ccccc2F)C1. The number of benzene rings is 2. The molecule has 1 heterocycles. The van der Waals surface area contributed by atoms with E-state index in [0.29, 0.717) is 5.02 Å². The van der Waals surface area contributed by atoms with E-state index in [-0.39, 0.29) is 31.2 Å². The molecule has 1 aliphatic rings. The molecule has 1 atom stereocenters. The highest BCUT2D eigenvalue weighted by Gasteiger charge is 2.37. The standard InChI is InChI=1S/C18H15ClFNO3/c19-14-7-5-12(6-8-14)11-24-18(23)13-9-17(22)21(10-13)16-4-2-1-3-15(16)20/h1-8,13H,9-11H2/t13-/m0/s1. The monoisotopic (exact) mass is 347 g/mol. The first kappa shape index (κ1) is 16.5. The minimum atomic E-state index is -0.593. The van der Waals surface area contributed by atoms with Crippen molar-refractivity contribution in [3.8, 4) is 0 Å². The molecule has 0 aromatic heterocycles. The number of nitrogens with zero attached hydrogens (tertiary/aromatic N) is 1. The summed E-state index contributed by atoms with van der Waals surface area (Å²) in [5, 5.41) is 0.604. The third kappa shape index (κ3) is 3.57. The van der Waals surface area contributed by atoms with Gasteiger partial charge in [-0.2, -0.15) is 0 Å². The summed E-state index contributed by atoms with van der Waals surface area (Å²) in [5.74, 6) is -1.82. The number of hydrogen-bond acceptors (Lipinski definition) is 3. The number of carbonyl (C=O) groups excluding carboxylic acids is 2. The average molecular weight is 348 g/mol. The molecule has 3 rings (SSSR count). The predicted molar refractivity (Wildman–Crippen MR) is 88.1 cm³/mol. The highest BCUT2D eigenvalue weighted by molar-refractivity contribution is 6.30. The molecule has 6 heteroatoms. The lowest BCUT2D eigenvalue weighted by molar-refractivity contribution is -0.149. The number of amides is 1. The number of hydrogen-bond donors (Lipinski definition) is 0. The lowest BCUT2D eigenvalue weighted by Gasteiger charge is -2.17. The normalized spacial score (nSPS) is 17.2. The maximum absolute atomic E-state index is 13.8. The van der Waals surface area contributed by atoms with Crippen molar-refractivity contribution >= 4 is 29.2 Å². The Morgan fingerprint density at radius 3 is 2.62 bits per heavy atom. The van der Waals surface area contributed by atoms with E-state index in [1.165, 1.54) is 17.0 Å². The summed E-state index contributed by atoms with van der Waals surface area (Å²) in [6.45, 7) is 0.236. The number of halogens is 2. The van der Waals surface area contributed by atoms with Crippen LogP contribution in [0, 0.1) is 11.7 Å². The van der Waals surface area contributed by atoms with E-state index in [1.54, 1.807) is 36.4 Å². The Kier molecular flexibility index (Phi) is 4.81. The zero-order chi connectivity index (χ0) is 17.1. The van der Waals surface area contributed by atoms with E-state index in [9.17, 15) is 14.0 Å². The number of esters is 1. The number of para-hydroxylation sites is 1. The molecule has 0 bridgehead atoms. The molecule has 0 aliphatic carbocycles. The highest BCUT2D eigenvalue weighted by Crippen LogP contribution is 2.28. The van der Waals surface area contributed by atoms with E-state index in [0.717, 1.165) is 5.56 Å². The quantitative estimate of drug-likeness (QED) is 0.794. The van der Waals surface area contributed by atoms with Gasteiger partial charge in [-0.05, 0) is 29.8 Å². The van der Waals surface area contributed by atoms with E-state index in [1.807, 2.05) is 0 Å². The van der Waals surface area contributed by atoms with Crippen molar-refractivity contribution in [3.63, 3.8) is 0 Å². The Morgan fingerprint density at radius 1 is 1.21 bits per heavy atom. The molecule has 1 saturated heterocycles. The second-order valence-corrected chi connectivity index (χ2v) is 6.03. The van der Waals surface area contributed by atoms with Crippen LogP contribution in [0.1, 0.15) is 12.0 Å². The van der Waals surface area contributed by atoms with Gasteiger partial charge in [0, 0.05) is 18.0 Å². The molecular weight excluding hydrogens is 333 g/mol. The van der Waals surface area contributed by atoms with Gasteiger partial charge in [0.15, 0.2) is 0 Å². The predicted octanol–water partition coefficient (Wildman–Crippen LogP) is 3.58. The fourth-order valence-electron chi connectivity index (χ4n) is 2.62. The van der Waals surface area contributed by atoms with Gasteiger partial charge in [-0.15, -0.1) is 0 Å². The van der Waals surface area contributed by atoms with Crippen molar-refractivity contribution in [1.82, 2.24) is 0 Å². The second kappa shape index (κ2) is 7.01. The first-order valence-corrected chi connectivity index (χ1v) is 7.88. The van der Waals surface area contributed by atoms with Crippen LogP contribution in [0.3, 0.4) is 0 Å². The molecule has 0 saturated carbocycles. The van der Waals surface area contributed by atoms with Crippen LogP contribution in [-0.4, -0.2) is 18.4 Å². The Morgan fingerprint density at radius 2 is 1.92 bits per heavy atom. The third-order valence-electron chi connectivity index (χ3n) is 3.90. The number of carbonyl (C=O) groups is 2. The first-order valence-electron chi connectivity index (χ1n) is 7.50. The molecule has 0 unspecified atom stereocenters. The summed E-state index contributed by atoms with van der Waals surface area (Å²) in [4.78, 5) is 25.6. The molecule has 124 valence electrons. The minimum absolute atomic E-state index is 0.0216. The van der Waals surface area contributed by atoms with Crippen LogP contribution in [0.25, 0.3) is 0 Å². The molecule has 1 amide bonds. The molecule has 0 N–H and O–H groups in total. The number of rotatable bonds is 4.